The number of hydrogen-bond acceptors (Lipinski definition) is 5. The first kappa shape index (κ1) is 18.6. The van der Waals surface area contributed by atoms with E-state index < -0.39 is 0 Å². The van der Waals surface area contributed by atoms with Gasteiger partial charge in [-0.25, -0.2) is 0 Å². The van der Waals surface area contributed by atoms with Crippen molar-refractivity contribution < 1.29 is 14.3 Å². The maximum Gasteiger partial charge on any atom is 0.278 e. The topological polar surface area (TPSA) is 84.7 Å². The van der Waals surface area contributed by atoms with Crippen LogP contribution in [0.15, 0.2) is 35.1 Å². The Morgan fingerprint density at radius 2 is 1.70 bits per heavy atom. The van der Waals surface area contributed by atoms with Gasteiger partial charge in [-0.3, -0.25) is 14.4 Å². The molecule has 0 N–H and O–H groups in total. The number of carbonyl (C=O) groups excluding carboxylic acids is 2. The van der Waals surface area contributed by atoms with Crippen LogP contribution in [0.1, 0.15) is 23.0 Å². The molecule has 3 rings (SSSR count). The van der Waals surface area contributed by atoms with Crippen molar-refractivity contribution in [1.82, 2.24) is 19.6 Å². The standard InChI is InChI=1S/C19H22N4O4/c1-13-6-4-5-7-15(13)23-17(25)12-16(27-3)18(20-23)19(26)22-10-8-21(9-11-22)14(2)24/h4-7,12H,8-11H2,1-3H3. The van der Waals surface area contributed by atoms with Crippen LogP contribution in [-0.2, 0) is 4.79 Å². The quantitative estimate of drug-likeness (QED) is 0.800. The third kappa shape index (κ3) is 3.69. The second-order valence-electron chi connectivity index (χ2n) is 6.40. The molecule has 8 heteroatoms. The summed E-state index contributed by atoms with van der Waals surface area (Å²) in [5.41, 5.74) is 1.18. The molecule has 0 bridgehead atoms. The second kappa shape index (κ2) is 7.61. The molecule has 27 heavy (non-hydrogen) atoms. The van der Waals surface area contributed by atoms with Crippen molar-refractivity contribution in [3.63, 3.8) is 0 Å². The predicted octanol–water partition coefficient (Wildman–Crippen LogP) is 0.854. The smallest absolute Gasteiger partial charge is 0.278 e. The number of methoxy groups -OCH3 is 1. The number of aryl methyl sites for hydroxylation is 1. The van der Waals surface area contributed by atoms with Crippen molar-refractivity contribution >= 4 is 11.8 Å². The molecule has 0 radical (unpaired) electrons. The van der Waals surface area contributed by atoms with Crippen LogP contribution in [0.2, 0.25) is 0 Å². The number of nitrogens with zero attached hydrogens (tertiary/aromatic N) is 4. The highest BCUT2D eigenvalue weighted by Crippen LogP contribution is 2.18. The number of piperazine rings is 1. The van der Waals surface area contributed by atoms with E-state index in [0.717, 1.165) is 5.56 Å². The van der Waals surface area contributed by atoms with E-state index in [1.165, 1.54) is 24.8 Å². The largest absolute Gasteiger partial charge is 0.494 e. The van der Waals surface area contributed by atoms with Gasteiger partial charge in [-0.15, -0.1) is 0 Å². The Hall–Kier alpha value is -3.16. The molecule has 2 heterocycles. The van der Waals surface area contributed by atoms with Crippen LogP contribution in [0.25, 0.3) is 5.69 Å². The summed E-state index contributed by atoms with van der Waals surface area (Å²) in [7, 11) is 1.40. The van der Waals surface area contributed by atoms with Crippen LogP contribution >= 0.6 is 0 Å². The van der Waals surface area contributed by atoms with E-state index in [1.54, 1.807) is 15.9 Å². The maximum atomic E-state index is 13.0. The van der Waals surface area contributed by atoms with Gasteiger partial charge in [0, 0.05) is 33.1 Å². The number of benzene rings is 1. The summed E-state index contributed by atoms with van der Waals surface area (Å²) >= 11 is 0. The Kier molecular flexibility index (Phi) is 5.25. The molecule has 1 aromatic carbocycles. The highest BCUT2D eigenvalue weighted by molar-refractivity contribution is 5.95. The number of amides is 2. The van der Waals surface area contributed by atoms with Gasteiger partial charge in [0.2, 0.25) is 5.91 Å². The minimum absolute atomic E-state index is 0.00842. The molecule has 0 atom stereocenters. The third-order valence-corrected chi connectivity index (χ3v) is 4.68. The summed E-state index contributed by atoms with van der Waals surface area (Å²) in [5, 5.41) is 4.31. The zero-order valence-electron chi connectivity index (χ0n) is 15.6. The first-order valence-corrected chi connectivity index (χ1v) is 8.71. The van der Waals surface area contributed by atoms with Gasteiger partial charge in [0.1, 0.15) is 0 Å². The summed E-state index contributed by atoms with van der Waals surface area (Å²) in [4.78, 5) is 40.3. The molecule has 8 nitrogen and oxygen atoms in total. The first-order chi connectivity index (χ1) is 12.9. The monoisotopic (exact) mass is 370 g/mol. The van der Waals surface area contributed by atoms with E-state index in [0.29, 0.717) is 31.9 Å². The SMILES string of the molecule is COc1cc(=O)n(-c2ccccc2C)nc1C(=O)N1CCN(C(C)=O)CC1. The number of ether oxygens (including phenoxy) is 1. The van der Waals surface area contributed by atoms with E-state index in [1.807, 2.05) is 25.1 Å². The molecular weight excluding hydrogens is 348 g/mol. The van der Waals surface area contributed by atoms with Crippen molar-refractivity contribution in [2.45, 2.75) is 13.8 Å². The highest BCUT2D eigenvalue weighted by atomic mass is 16.5. The second-order valence-corrected chi connectivity index (χ2v) is 6.40. The van der Waals surface area contributed by atoms with Crippen LogP contribution in [-0.4, -0.2) is 64.7 Å². The summed E-state index contributed by atoms with van der Waals surface area (Å²) in [6.07, 6.45) is 0. The number of carbonyl (C=O) groups is 2. The van der Waals surface area contributed by atoms with Gasteiger partial charge >= 0.3 is 0 Å². The van der Waals surface area contributed by atoms with Gasteiger partial charge < -0.3 is 14.5 Å². The van der Waals surface area contributed by atoms with E-state index >= 15 is 0 Å². The molecule has 0 aliphatic carbocycles. The number of hydrogen-bond donors (Lipinski definition) is 0. The molecule has 2 amide bonds. The van der Waals surface area contributed by atoms with Crippen LogP contribution in [0, 0.1) is 6.92 Å². The van der Waals surface area contributed by atoms with Crippen molar-refractivity contribution in [3.8, 4) is 11.4 Å². The molecule has 142 valence electrons. The zero-order valence-corrected chi connectivity index (χ0v) is 15.6. The van der Waals surface area contributed by atoms with Crippen LogP contribution in [0.3, 0.4) is 0 Å². The molecule has 0 spiro atoms. The lowest BCUT2D eigenvalue weighted by Crippen LogP contribution is -2.50. The van der Waals surface area contributed by atoms with Gasteiger partial charge in [-0.05, 0) is 18.6 Å². The zero-order chi connectivity index (χ0) is 19.6. The molecule has 2 aromatic rings. The normalized spacial score (nSPS) is 14.2. The average Bonchev–Trinajstić information content (AvgIpc) is 2.68. The molecular formula is C19H22N4O4. The summed E-state index contributed by atoms with van der Waals surface area (Å²) < 4.78 is 6.45. The van der Waals surface area contributed by atoms with E-state index in [9.17, 15) is 14.4 Å². The Morgan fingerprint density at radius 3 is 2.30 bits per heavy atom. The fourth-order valence-corrected chi connectivity index (χ4v) is 3.09. The van der Waals surface area contributed by atoms with Crippen molar-refractivity contribution in [1.29, 1.82) is 0 Å². The maximum absolute atomic E-state index is 13.0. The lowest BCUT2D eigenvalue weighted by atomic mass is 10.2. The first-order valence-electron chi connectivity index (χ1n) is 8.71. The Labute approximate surface area is 157 Å². The molecule has 1 fully saturated rings. The van der Waals surface area contributed by atoms with E-state index in [2.05, 4.69) is 5.10 Å². The van der Waals surface area contributed by atoms with Gasteiger partial charge in [0.15, 0.2) is 11.4 Å². The molecule has 1 aliphatic rings. The lowest BCUT2D eigenvalue weighted by Gasteiger charge is -2.34. The summed E-state index contributed by atoms with van der Waals surface area (Å²) in [6.45, 7) is 5.15. The van der Waals surface area contributed by atoms with Crippen LogP contribution < -0.4 is 10.3 Å². The molecule has 1 aromatic heterocycles. The van der Waals surface area contributed by atoms with Gasteiger partial charge in [0.25, 0.3) is 11.5 Å². The Bertz CT molecular complexity index is 930. The summed E-state index contributed by atoms with van der Waals surface area (Å²) in [5.74, 6) is -0.188. The van der Waals surface area contributed by atoms with Crippen molar-refractivity contribution in [3.05, 3.63) is 51.9 Å². The highest BCUT2D eigenvalue weighted by Gasteiger charge is 2.27. The van der Waals surface area contributed by atoms with Crippen LogP contribution in [0.5, 0.6) is 5.75 Å². The third-order valence-electron chi connectivity index (χ3n) is 4.68. The minimum Gasteiger partial charge on any atom is -0.494 e. The molecule has 1 saturated heterocycles. The Morgan fingerprint density at radius 1 is 1.07 bits per heavy atom. The minimum atomic E-state index is -0.376. The number of aromatic nitrogens is 2. The fourth-order valence-electron chi connectivity index (χ4n) is 3.09. The predicted molar refractivity (Wildman–Crippen MR) is 99.3 cm³/mol. The summed E-state index contributed by atoms with van der Waals surface area (Å²) in [6, 6.07) is 8.60. The van der Waals surface area contributed by atoms with Crippen molar-refractivity contribution in [2.24, 2.45) is 0 Å². The van der Waals surface area contributed by atoms with Crippen LogP contribution in [0.4, 0.5) is 0 Å². The number of para-hydroxylation sites is 1. The van der Waals surface area contributed by atoms with Gasteiger partial charge in [-0.1, -0.05) is 18.2 Å². The van der Waals surface area contributed by atoms with Gasteiger partial charge in [-0.2, -0.15) is 9.78 Å². The average molecular weight is 370 g/mol. The van der Waals surface area contributed by atoms with E-state index in [-0.39, 0.29) is 28.8 Å². The lowest BCUT2D eigenvalue weighted by molar-refractivity contribution is -0.130. The van der Waals surface area contributed by atoms with Crippen molar-refractivity contribution in [2.75, 3.05) is 33.3 Å². The molecule has 0 unspecified atom stereocenters. The van der Waals surface area contributed by atoms with Gasteiger partial charge in [0.05, 0.1) is 18.9 Å². The van der Waals surface area contributed by atoms with E-state index in [4.69, 9.17) is 4.74 Å². The number of rotatable bonds is 3. The Balaban J connectivity index is 1.96. The fraction of sp³-hybridized carbons (Fsp3) is 0.368. The molecule has 1 aliphatic heterocycles. The molecule has 0 saturated carbocycles.